The molecule has 5 aromatic rings. The molecule has 6 rings (SSSR count). The summed E-state index contributed by atoms with van der Waals surface area (Å²) in [5.74, 6) is 0.386. The molecular formula is C33H30Cl2N6O6. The second kappa shape index (κ2) is 13.1. The topological polar surface area (TPSA) is 151 Å². The molecule has 0 spiro atoms. The smallest absolute Gasteiger partial charge is 0.407 e. The van der Waals surface area contributed by atoms with Gasteiger partial charge in [-0.25, -0.2) is 14.3 Å². The van der Waals surface area contributed by atoms with E-state index in [1.54, 1.807) is 31.4 Å². The molecule has 2 aromatic carbocycles. The normalized spacial score (nSPS) is 14.4. The number of carbonyl (C=O) groups is 2. The number of nitrogens with zero attached hydrogens (tertiary/aromatic N) is 5. The molecule has 1 atom stereocenters. The zero-order chi connectivity index (χ0) is 33.4. The third kappa shape index (κ3) is 6.14. The number of pyridine rings is 1. The number of carboxylic acid groups (broad SMARTS) is 1. The number of ether oxygens (including phenoxy) is 1. The lowest BCUT2D eigenvalue weighted by Gasteiger charge is -2.23. The molecule has 1 fully saturated rings. The number of halogens is 2. The molecular weight excluding hydrogens is 647 g/mol. The van der Waals surface area contributed by atoms with Gasteiger partial charge in [0.25, 0.3) is 5.56 Å². The number of aliphatic hydroxyl groups excluding tert-OH is 1. The first-order valence-electron chi connectivity index (χ1n) is 14.7. The molecule has 1 aliphatic heterocycles. The van der Waals surface area contributed by atoms with Crippen molar-refractivity contribution < 1.29 is 24.5 Å². The van der Waals surface area contributed by atoms with E-state index >= 15 is 0 Å². The Hall–Kier alpha value is -4.91. The molecule has 0 aliphatic carbocycles. The van der Waals surface area contributed by atoms with Crippen molar-refractivity contribution in [3.05, 3.63) is 92.6 Å². The molecule has 3 N–H and O–H groups in total. The Balaban J connectivity index is 1.33. The van der Waals surface area contributed by atoms with Gasteiger partial charge in [-0.2, -0.15) is 5.10 Å². The van der Waals surface area contributed by atoms with Crippen LogP contribution in [0.1, 0.15) is 24.2 Å². The summed E-state index contributed by atoms with van der Waals surface area (Å²) in [6.07, 6.45) is 1.52. The molecule has 47 heavy (non-hydrogen) atoms. The number of hydrogen-bond donors (Lipinski definition) is 3. The fourth-order valence-corrected chi connectivity index (χ4v) is 6.43. The molecule has 4 heterocycles. The Morgan fingerprint density at radius 3 is 2.38 bits per heavy atom. The molecule has 1 unspecified atom stereocenters. The number of carbonyl (C=O) groups excluding carboxylic acids is 1. The summed E-state index contributed by atoms with van der Waals surface area (Å²) in [6, 6.07) is 16.0. The van der Waals surface area contributed by atoms with Crippen molar-refractivity contribution in [2.75, 3.05) is 13.7 Å². The van der Waals surface area contributed by atoms with Gasteiger partial charge >= 0.3 is 6.09 Å². The van der Waals surface area contributed by atoms with Crippen molar-refractivity contribution in [1.29, 1.82) is 0 Å². The minimum atomic E-state index is -1.12. The van der Waals surface area contributed by atoms with Crippen LogP contribution in [0.15, 0.2) is 65.6 Å². The number of rotatable bonds is 9. The van der Waals surface area contributed by atoms with Gasteiger partial charge in [-0.1, -0.05) is 59.6 Å². The van der Waals surface area contributed by atoms with Crippen molar-refractivity contribution >= 4 is 40.7 Å². The van der Waals surface area contributed by atoms with Crippen LogP contribution in [0, 0.1) is 0 Å². The van der Waals surface area contributed by atoms with E-state index in [-0.39, 0.29) is 48.9 Å². The molecule has 3 aromatic heterocycles. The lowest BCUT2D eigenvalue weighted by atomic mass is 9.97. The highest BCUT2D eigenvalue weighted by Crippen LogP contribution is 2.42. The molecule has 1 aliphatic rings. The summed E-state index contributed by atoms with van der Waals surface area (Å²) in [5, 5.41) is 27.4. The molecule has 12 nitrogen and oxygen atoms in total. The maximum absolute atomic E-state index is 12.9. The van der Waals surface area contributed by atoms with Gasteiger partial charge in [0.2, 0.25) is 11.8 Å². The van der Waals surface area contributed by atoms with E-state index in [4.69, 9.17) is 27.9 Å². The summed E-state index contributed by atoms with van der Waals surface area (Å²) in [5.41, 5.74) is 4.34. The van der Waals surface area contributed by atoms with E-state index in [0.717, 1.165) is 0 Å². The number of aliphatic hydroxyl groups is 1. The predicted octanol–water partition coefficient (Wildman–Crippen LogP) is 5.00. The third-order valence-corrected chi connectivity index (χ3v) is 9.05. The fraction of sp³-hybridized carbons (Fsp3) is 0.242. The second-order valence-electron chi connectivity index (χ2n) is 11.2. The van der Waals surface area contributed by atoms with Gasteiger partial charge in [0.05, 0.1) is 29.4 Å². The highest BCUT2D eigenvalue weighted by Gasteiger charge is 2.26. The first-order valence-corrected chi connectivity index (χ1v) is 15.4. The summed E-state index contributed by atoms with van der Waals surface area (Å²) < 4.78 is 8.30. The lowest BCUT2D eigenvalue weighted by molar-refractivity contribution is -0.119. The Bertz CT molecular complexity index is 2090. The summed E-state index contributed by atoms with van der Waals surface area (Å²) in [4.78, 5) is 42.4. The monoisotopic (exact) mass is 676 g/mol. The maximum atomic E-state index is 12.9. The van der Waals surface area contributed by atoms with Gasteiger partial charge < -0.3 is 25.2 Å². The van der Waals surface area contributed by atoms with Crippen LogP contribution in [0.25, 0.3) is 39.0 Å². The van der Waals surface area contributed by atoms with Crippen LogP contribution in [-0.2, 0) is 25.0 Å². The number of hydrogen-bond acceptors (Lipinski definition) is 7. The van der Waals surface area contributed by atoms with Crippen molar-refractivity contribution in [3.8, 4) is 39.4 Å². The molecule has 0 radical (unpaired) electrons. The minimum absolute atomic E-state index is 0.0201. The van der Waals surface area contributed by atoms with Crippen LogP contribution in [0.3, 0.4) is 0 Å². The van der Waals surface area contributed by atoms with Crippen LogP contribution in [0.4, 0.5) is 4.79 Å². The van der Waals surface area contributed by atoms with Gasteiger partial charge in [0.15, 0.2) is 5.82 Å². The first-order chi connectivity index (χ1) is 22.6. The van der Waals surface area contributed by atoms with Crippen molar-refractivity contribution in [1.82, 2.24) is 29.4 Å². The molecule has 1 saturated heterocycles. The Kier molecular flexibility index (Phi) is 8.91. The van der Waals surface area contributed by atoms with Gasteiger partial charge in [0, 0.05) is 65.6 Å². The van der Waals surface area contributed by atoms with E-state index < -0.39 is 6.09 Å². The zero-order valence-corrected chi connectivity index (χ0v) is 26.9. The zero-order valence-electron chi connectivity index (χ0n) is 25.4. The van der Waals surface area contributed by atoms with Crippen LogP contribution >= 0.6 is 23.2 Å². The fourth-order valence-electron chi connectivity index (χ4n) is 5.77. The van der Waals surface area contributed by atoms with E-state index in [1.807, 2.05) is 36.4 Å². The van der Waals surface area contributed by atoms with Crippen LogP contribution in [-0.4, -0.2) is 66.0 Å². The minimum Gasteiger partial charge on any atom is -0.481 e. The van der Waals surface area contributed by atoms with E-state index in [0.29, 0.717) is 67.5 Å². The molecule has 0 bridgehead atoms. The van der Waals surface area contributed by atoms with E-state index in [9.17, 15) is 24.6 Å². The van der Waals surface area contributed by atoms with Crippen LogP contribution in [0.2, 0.25) is 10.0 Å². The molecule has 242 valence electrons. The van der Waals surface area contributed by atoms with Gasteiger partial charge in [-0.15, -0.1) is 0 Å². The Morgan fingerprint density at radius 1 is 1.06 bits per heavy atom. The standard InChI is InChI=1S/C33H30Cl2N6O6/c1-39-27(17-42)38-41-15-19(13-26(41)32(39)44)21-5-3-6-22(29(21)34)23-7-4-8-24(30(23)35)25-11-9-18(31(37-25)47-2)14-40(33(45)46)16-20-10-12-28(43)36-20/h3-9,11,13,15,20,42H,10,12,14,16-17H2,1-2H3,(H,36,43)(H,45,46). The third-order valence-electron chi connectivity index (χ3n) is 8.24. The predicted molar refractivity (Wildman–Crippen MR) is 177 cm³/mol. The maximum Gasteiger partial charge on any atom is 0.407 e. The molecule has 0 saturated carbocycles. The van der Waals surface area contributed by atoms with E-state index in [2.05, 4.69) is 15.4 Å². The number of amides is 2. The SMILES string of the molecule is COc1nc(-c2cccc(-c3cccc(-c4cc5c(=O)n(C)c(CO)nn5c4)c3Cl)c2Cl)ccc1CN(CC1CCC(=O)N1)C(=O)O. The summed E-state index contributed by atoms with van der Waals surface area (Å²) >= 11 is 14.0. The average molecular weight is 678 g/mol. The number of nitrogens with one attached hydrogen (secondary N) is 1. The van der Waals surface area contributed by atoms with Crippen molar-refractivity contribution in [3.63, 3.8) is 0 Å². The number of benzene rings is 2. The van der Waals surface area contributed by atoms with Gasteiger partial charge in [-0.05, 0) is 24.6 Å². The first kappa shape index (κ1) is 32.0. The summed E-state index contributed by atoms with van der Waals surface area (Å²) in [6.45, 7) is -0.214. The number of fused-ring (bicyclic) bond motifs is 1. The molecule has 14 heteroatoms. The van der Waals surface area contributed by atoms with Crippen LogP contribution in [0.5, 0.6) is 5.88 Å². The lowest BCUT2D eigenvalue weighted by Crippen LogP contribution is -2.41. The number of aromatic nitrogens is 4. The van der Waals surface area contributed by atoms with Crippen molar-refractivity contribution in [2.45, 2.75) is 32.0 Å². The quantitative estimate of drug-likeness (QED) is 0.197. The van der Waals surface area contributed by atoms with Gasteiger partial charge in [0.1, 0.15) is 12.1 Å². The second-order valence-corrected chi connectivity index (χ2v) is 11.9. The van der Waals surface area contributed by atoms with E-state index in [1.165, 1.54) is 21.1 Å². The summed E-state index contributed by atoms with van der Waals surface area (Å²) in [7, 11) is 3.01. The average Bonchev–Trinajstić information content (AvgIpc) is 3.68. The number of methoxy groups -OCH3 is 1. The molecule has 2 amide bonds. The Labute approximate surface area is 278 Å². The largest absolute Gasteiger partial charge is 0.481 e. The van der Waals surface area contributed by atoms with Crippen LogP contribution < -0.4 is 15.6 Å². The highest BCUT2D eigenvalue weighted by molar-refractivity contribution is 6.39. The Morgan fingerprint density at radius 2 is 1.74 bits per heavy atom. The highest BCUT2D eigenvalue weighted by atomic mass is 35.5. The van der Waals surface area contributed by atoms with Gasteiger partial charge in [-0.3, -0.25) is 14.2 Å². The van der Waals surface area contributed by atoms with Crippen molar-refractivity contribution in [2.24, 2.45) is 7.05 Å².